The predicted molar refractivity (Wildman–Crippen MR) is 92.4 cm³/mol. The molecule has 136 valence electrons. The van der Waals surface area contributed by atoms with Gasteiger partial charge in [-0.05, 0) is 25.7 Å². The molecule has 0 spiro atoms. The number of hydrogen-bond acceptors (Lipinski definition) is 5. The van der Waals surface area contributed by atoms with Crippen molar-refractivity contribution in [3.05, 3.63) is 12.2 Å². The van der Waals surface area contributed by atoms with Gasteiger partial charge in [0.05, 0.1) is 46.1 Å². The van der Waals surface area contributed by atoms with Crippen LogP contribution in [0.1, 0.15) is 27.6 Å². The maximum Gasteiger partial charge on any atom is 0.224 e. The fraction of sp³-hybridized carbons (Fsp3) is 0.824. The van der Waals surface area contributed by atoms with Gasteiger partial charge in [-0.25, -0.2) is 0 Å². The normalized spacial score (nSPS) is 16.3. The Balaban J connectivity index is 0.00000529. The lowest BCUT2D eigenvalue weighted by molar-refractivity contribution is -0.133. The molecule has 1 aliphatic rings. The smallest absolute Gasteiger partial charge is 0.224 e. The van der Waals surface area contributed by atoms with Gasteiger partial charge in [-0.3, -0.25) is 4.79 Å². The molecule has 0 aromatic heterocycles. The zero-order valence-corrected chi connectivity index (χ0v) is 14.4. The number of nitrogens with two attached hydrogens (primary N) is 1. The summed E-state index contributed by atoms with van der Waals surface area (Å²) in [6.45, 7) is 7.45. The van der Waals surface area contributed by atoms with E-state index in [9.17, 15) is 4.79 Å². The van der Waals surface area contributed by atoms with E-state index < -0.39 is 0 Å². The van der Waals surface area contributed by atoms with Gasteiger partial charge in [0.1, 0.15) is 0 Å². The Labute approximate surface area is 141 Å². The molecule has 6 nitrogen and oxygen atoms in total. The maximum atomic E-state index is 12.1. The zero-order valence-electron chi connectivity index (χ0n) is 14.4. The maximum absolute atomic E-state index is 12.1. The van der Waals surface area contributed by atoms with E-state index in [0.717, 1.165) is 25.9 Å². The summed E-state index contributed by atoms with van der Waals surface area (Å²) >= 11 is 0. The molecular weight excluding hydrogens is 296 g/mol. The Hall–Kier alpha value is -0.950. The molecule has 0 aromatic rings. The van der Waals surface area contributed by atoms with Gasteiger partial charge in [-0.2, -0.15) is 0 Å². The molecule has 0 radical (unpaired) electrons. The highest BCUT2D eigenvalue weighted by Crippen LogP contribution is 2.18. The second-order valence-electron chi connectivity index (χ2n) is 5.62. The lowest BCUT2D eigenvalue weighted by Gasteiger charge is -2.30. The molecule has 2 N–H and O–H groups in total. The molecule has 1 aliphatic heterocycles. The van der Waals surface area contributed by atoms with E-state index in [0.29, 0.717) is 58.5 Å². The monoisotopic (exact) mass is 330 g/mol. The summed E-state index contributed by atoms with van der Waals surface area (Å²) in [6, 6.07) is 0. The number of carbonyl (C=O) groups is 1. The summed E-state index contributed by atoms with van der Waals surface area (Å²) < 4.78 is 16.0. The molecule has 0 atom stereocenters. The highest BCUT2D eigenvalue weighted by Gasteiger charge is 2.20. The molecule has 6 heteroatoms. The first kappa shape index (κ1) is 20.1. The molecular formula is C17H34N2O4. The molecule has 0 bridgehead atoms. The van der Waals surface area contributed by atoms with Gasteiger partial charge in [0.15, 0.2) is 0 Å². The van der Waals surface area contributed by atoms with Gasteiger partial charge in [0.25, 0.3) is 0 Å². The summed E-state index contributed by atoms with van der Waals surface area (Å²) in [5.41, 5.74) is 5.30. The lowest BCUT2D eigenvalue weighted by atomic mass is 9.96. The van der Waals surface area contributed by atoms with Crippen molar-refractivity contribution < 1.29 is 20.4 Å². The van der Waals surface area contributed by atoms with Gasteiger partial charge < -0.3 is 24.8 Å². The van der Waals surface area contributed by atoms with Crippen LogP contribution in [0.15, 0.2) is 12.2 Å². The lowest BCUT2D eigenvalue weighted by Crippen LogP contribution is -2.38. The van der Waals surface area contributed by atoms with Gasteiger partial charge in [-0.15, -0.1) is 0 Å². The van der Waals surface area contributed by atoms with Crippen LogP contribution in [0, 0.1) is 5.92 Å². The van der Waals surface area contributed by atoms with Gasteiger partial charge >= 0.3 is 0 Å². The van der Waals surface area contributed by atoms with Gasteiger partial charge in [0.2, 0.25) is 5.91 Å². The Kier molecular flexibility index (Phi) is 11.8. The van der Waals surface area contributed by atoms with Crippen LogP contribution in [0.4, 0.5) is 0 Å². The average Bonchev–Trinajstić information content (AvgIpc) is 2.57. The highest BCUT2D eigenvalue weighted by atomic mass is 16.5. The molecule has 0 saturated carbocycles. The van der Waals surface area contributed by atoms with E-state index >= 15 is 0 Å². The van der Waals surface area contributed by atoms with Crippen LogP contribution in [-0.2, 0) is 19.0 Å². The van der Waals surface area contributed by atoms with Crippen LogP contribution in [0.5, 0.6) is 0 Å². The zero-order chi connectivity index (χ0) is 16.8. The quantitative estimate of drug-likeness (QED) is 0.433. The first-order chi connectivity index (χ1) is 11.3. The minimum absolute atomic E-state index is 0. The number of ether oxygens (including phenoxy) is 3. The Morgan fingerprint density at radius 1 is 1.09 bits per heavy atom. The van der Waals surface area contributed by atoms with Crippen molar-refractivity contribution in [3.8, 4) is 0 Å². The van der Waals surface area contributed by atoms with Crippen molar-refractivity contribution in [2.45, 2.75) is 26.2 Å². The van der Waals surface area contributed by atoms with Crippen molar-refractivity contribution in [1.29, 1.82) is 0 Å². The number of piperidine rings is 1. The number of allylic oxidation sites excluding steroid dienone is 2. The standard InChI is InChI=1S/C17H32N2O4.H2/c1-2-3-16-4-8-19(9-5-16)17(20)6-10-21-12-14-23-15-13-22-11-7-18;/h2-3,16H,4-15,18H2,1H3;1H/b3-2+;. The van der Waals surface area contributed by atoms with E-state index in [4.69, 9.17) is 19.9 Å². The summed E-state index contributed by atoms with van der Waals surface area (Å²) in [4.78, 5) is 14.0. The van der Waals surface area contributed by atoms with Crippen LogP contribution in [0.2, 0.25) is 0 Å². The second kappa shape index (κ2) is 13.5. The fourth-order valence-corrected chi connectivity index (χ4v) is 2.56. The summed E-state index contributed by atoms with van der Waals surface area (Å²) in [7, 11) is 0. The number of carbonyl (C=O) groups excluding carboxylic acids is 1. The molecule has 0 unspecified atom stereocenters. The van der Waals surface area contributed by atoms with Crippen molar-refractivity contribution in [2.75, 3.05) is 59.3 Å². The number of amides is 1. The van der Waals surface area contributed by atoms with Crippen molar-refractivity contribution in [3.63, 3.8) is 0 Å². The molecule has 0 aromatic carbocycles. The molecule has 1 fully saturated rings. The molecule has 1 heterocycles. The average molecular weight is 330 g/mol. The first-order valence-electron chi connectivity index (χ1n) is 8.61. The van der Waals surface area contributed by atoms with E-state index in [2.05, 4.69) is 12.2 Å². The van der Waals surface area contributed by atoms with Crippen molar-refractivity contribution >= 4 is 5.91 Å². The summed E-state index contributed by atoms with van der Waals surface area (Å²) in [6.07, 6.45) is 6.93. The Morgan fingerprint density at radius 2 is 1.65 bits per heavy atom. The Bertz CT molecular complexity index is 335. The summed E-state index contributed by atoms with van der Waals surface area (Å²) in [5.74, 6) is 0.825. The second-order valence-corrected chi connectivity index (χ2v) is 5.62. The number of hydrogen-bond donors (Lipinski definition) is 1. The van der Waals surface area contributed by atoms with E-state index in [1.54, 1.807) is 0 Å². The number of rotatable bonds is 12. The topological polar surface area (TPSA) is 74.0 Å². The predicted octanol–water partition coefficient (Wildman–Crippen LogP) is 1.45. The van der Waals surface area contributed by atoms with Crippen LogP contribution >= 0.6 is 0 Å². The highest BCUT2D eigenvalue weighted by molar-refractivity contribution is 5.76. The van der Waals surface area contributed by atoms with Gasteiger partial charge in [-0.1, -0.05) is 12.2 Å². The molecule has 1 amide bonds. The number of nitrogens with zero attached hydrogens (tertiary/aromatic N) is 1. The van der Waals surface area contributed by atoms with E-state index in [1.165, 1.54) is 0 Å². The third-order valence-electron chi connectivity index (χ3n) is 3.82. The molecule has 1 saturated heterocycles. The minimum atomic E-state index is 0. The third kappa shape index (κ3) is 9.71. The fourth-order valence-electron chi connectivity index (χ4n) is 2.56. The van der Waals surface area contributed by atoms with Crippen LogP contribution in [0.3, 0.4) is 0 Å². The largest absolute Gasteiger partial charge is 0.379 e. The van der Waals surface area contributed by atoms with Crippen LogP contribution in [-0.4, -0.2) is 70.1 Å². The van der Waals surface area contributed by atoms with E-state index in [1.807, 2.05) is 11.8 Å². The molecule has 0 aliphatic carbocycles. The summed E-state index contributed by atoms with van der Waals surface area (Å²) in [5, 5.41) is 0. The van der Waals surface area contributed by atoms with Crippen molar-refractivity contribution in [1.82, 2.24) is 4.90 Å². The number of likely N-dealkylation sites (tertiary alicyclic amines) is 1. The van der Waals surface area contributed by atoms with E-state index in [-0.39, 0.29) is 7.33 Å². The Morgan fingerprint density at radius 3 is 2.22 bits per heavy atom. The first-order valence-corrected chi connectivity index (χ1v) is 8.61. The molecule has 1 rings (SSSR count). The van der Waals surface area contributed by atoms with Crippen LogP contribution < -0.4 is 5.73 Å². The van der Waals surface area contributed by atoms with Crippen molar-refractivity contribution in [2.24, 2.45) is 11.7 Å². The SMILES string of the molecule is C/C=C/C1CCN(C(=O)CCOCCOCCOCCN)CC1.[HH]. The van der Waals surface area contributed by atoms with Crippen LogP contribution in [0.25, 0.3) is 0 Å². The third-order valence-corrected chi connectivity index (χ3v) is 3.82. The minimum Gasteiger partial charge on any atom is -0.379 e. The molecule has 23 heavy (non-hydrogen) atoms. The van der Waals surface area contributed by atoms with Gasteiger partial charge in [0, 0.05) is 21.1 Å².